The van der Waals surface area contributed by atoms with Gasteiger partial charge in [0.2, 0.25) is 0 Å². The molecule has 3 aliphatic heterocycles. The lowest BCUT2D eigenvalue weighted by Gasteiger charge is -2.39. The summed E-state index contributed by atoms with van der Waals surface area (Å²) in [5.41, 5.74) is 3.24. The number of nitrogens with one attached hydrogen (secondary N) is 1. The van der Waals surface area contributed by atoms with Crippen LogP contribution in [0.15, 0.2) is 70.4 Å². The maximum atomic E-state index is 12.9. The highest BCUT2D eigenvalue weighted by atomic mass is 35.5. The van der Waals surface area contributed by atoms with E-state index in [-0.39, 0.29) is 18.1 Å². The molecule has 0 aromatic carbocycles. The van der Waals surface area contributed by atoms with Crippen molar-refractivity contribution in [2.75, 3.05) is 26.2 Å². The molecule has 0 aromatic rings. The van der Waals surface area contributed by atoms with Crippen LogP contribution in [0.2, 0.25) is 0 Å². The summed E-state index contributed by atoms with van der Waals surface area (Å²) in [6, 6.07) is -0.142. The Balaban J connectivity index is 1.46. The molecule has 2 unspecified atom stereocenters. The monoisotopic (exact) mass is 414 g/mol. The Morgan fingerprint density at radius 1 is 1.25 bits per heavy atom. The van der Waals surface area contributed by atoms with Crippen LogP contribution in [-0.2, 0) is 4.79 Å². The van der Waals surface area contributed by atoms with E-state index in [1.165, 1.54) is 14.9 Å². The minimum absolute atomic E-state index is 0.0619. The molecule has 5 rings (SSSR count). The van der Waals surface area contributed by atoms with E-state index in [9.17, 15) is 4.79 Å². The Morgan fingerprint density at radius 2 is 2.11 bits per heavy atom. The highest BCUT2D eigenvalue weighted by Gasteiger charge is 2.40. The van der Waals surface area contributed by atoms with Crippen LogP contribution in [-0.4, -0.2) is 57.9 Å². The minimum atomic E-state index is -0.142. The summed E-state index contributed by atoms with van der Waals surface area (Å²) in [6.45, 7) is 3.90. The van der Waals surface area contributed by atoms with Crippen molar-refractivity contribution in [1.82, 2.24) is 18.9 Å². The summed E-state index contributed by atoms with van der Waals surface area (Å²) in [7, 11) is 0. The quantitative estimate of drug-likeness (QED) is 0.565. The molecular weight excluding hydrogens is 392 g/mol. The summed E-state index contributed by atoms with van der Waals surface area (Å²) in [6.07, 6.45) is 18.5. The molecular formula is C21H23ClN4OS. The number of hydrogen-bond donors (Lipinski definition) is 1. The molecule has 1 amide bonds. The van der Waals surface area contributed by atoms with Gasteiger partial charge in [-0.1, -0.05) is 36.5 Å². The molecule has 5 aliphatic rings. The number of nitrogens with zero attached hydrogens (tertiary/aromatic N) is 3. The maximum Gasteiger partial charge on any atom is 0.265 e. The molecule has 0 spiro atoms. The summed E-state index contributed by atoms with van der Waals surface area (Å²) >= 11 is 8.13. The van der Waals surface area contributed by atoms with Gasteiger partial charge in [0.1, 0.15) is 0 Å². The van der Waals surface area contributed by atoms with E-state index >= 15 is 0 Å². The first-order chi connectivity index (χ1) is 13.7. The fourth-order valence-corrected chi connectivity index (χ4v) is 5.74. The minimum Gasteiger partial charge on any atom is -0.314 e. The van der Waals surface area contributed by atoms with Crippen LogP contribution in [0.25, 0.3) is 0 Å². The van der Waals surface area contributed by atoms with Gasteiger partial charge in [-0.2, -0.15) is 0 Å². The average molecular weight is 415 g/mol. The Morgan fingerprint density at radius 3 is 2.93 bits per heavy atom. The molecule has 0 aromatic heterocycles. The zero-order valence-corrected chi connectivity index (χ0v) is 17.1. The largest absolute Gasteiger partial charge is 0.314 e. The van der Waals surface area contributed by atoms with Crippen LogP contribution >= 0.6 is 23.7 Å². The molecule has 7 heteroatoms. The summed E-state index contributed by atoms with van der Waals surface area (Å²) in [5.74, 6) is -0.0619. The first-order valence-corrected chi connectivity index (χ1v) is 10.9. The number of rotatable bonds is 4. The van der Waals surface area contributed by atoms with Crippen molar-refractivity contribution in [3.05, 3.63) is 70.4 Å². The fourth-order valence-electron chi connectivity index (χ4n) is 4.34. The van der Waals surface area contributed by atoms with Gasteiger partial charge in [-0.05, 0) is 35.6 Å². The average Bonchev–Trinajstić information content (AvgIpc) is 3.27. The van der Waals surface area contributed by atoms with E-state index in [4.69, 9.17) is 11.8 Å². The Kier molecular flexibility index (Phi) is 4.97. The van der Waals surface area contributed by atoms with Crippen molar-refractivity contribution < 1.29 is 4.79 Å². The maximum absolute atomic E-state index is 12.9. The fraction of sp³-hybridized carbons (Fsp3) is 0.381. The molecule has 1 saturated heterocycles. The predicted molar refractivity (Wildman–Crippen MR) is 114 cm³/mol. The van der Waals surface area contributed by atoms with Gasteiger partial charge in [-0.3, -0.25) is 9.69 Å². The number of amides is 1. The number of fused-ring (bicyclic) bond motifs is 2. The number of hydrogen-bond acceptors (Lipinski definition) is 5. The smallest absolute Gasteiger partial charge is 0.265 e. The van der Waals surface area contributed by atoms with Crippen molar-refractivity contribution in [3.8, 4) is 0 Å². The molecule has 0 saturated carbocycles. The zero-order valence-electron chi connectivity index (χ0n) is 15.6. The van der Waals surface area contributed by atoms with Gasteiger partial charge < -0.3 is 9.62 Å². The summed E-state index contributed by atoms with van der Waals surface area (Å²) < 4.78 is 3.69. The molecule has 28 heavy (non-hydrogen) atoms. The van der Waals surface area contributed by atoms with Crippen molar-refractivity contribution >= 4 is 29.6 Å². The van der Waals surface area contributed by atoms with Crippen molar-refractivity contribution in [2.45, 2.75) is 25.0 Å². The van der Waals surface area contributed by atoms with E-state index in [0.717, 1.165) is 43.7 Å². The molecule has 1 N–H and O–H groups in total. The van der Waals surface area contributed by atoms with Crippen molar-refractivity contribution in [2.24, 2.45) is 0 Å². The number of carbonyl (C=O) groups is 1. The second kappa shape index (κ2) is 7.59. The second-order valence-electron chi connectivity index (χ2n) is 7.48. The molecule has 1 fully saturated rings. The van der Waals surface area contributed by atoms with Crippen LogP contribution < -0.4 is 5.32 Å². The zero-order chi connectivity index (χ0) is 19.1. The van der Waals surface area contributed by atoms with E-state index < -0.39 is 0 Å². The number of piperazine rings is 1. The highest BCUT2D eigenvalue weighted by molar-refractivity contribution is 8.01. The van der Waals surface area contributed by atoms with Gasteiger partial charge >= 0.3 is 0 Å². The van der Waals surface area contributed by atoms with Crippen LogP contribution in [0, 0.1) is 0 Å². The third-order valence-corrected chi connectivity index (χ3v) is 7.34. The first kappa shape index (κ1) is 18.3. The summed E-state index contributed by atoms with van der Waals surface area (Å²) in [5, 5.41) is 3.43. The molecule has 5 nitrogen and oxygen atoms in total. The molecule has 0 bridgehead atoms. The van der Waals surface area contributed by atoms with Gasteiger partial charge in [0.15, 0.2) is 0 Å². The molecule has 2 atom stereocenters. The van der Waals surface area contributed by atoms with Gasteiger partial charge in [0.05, 0.1) is 12.2 Å². The van der Waals surface area contributed by atoms with E-state index in [0.29, 0.717) is 6.42 Å². The van der Waals surface area contributed by atoms with Crippen LogP contribution in [0.3, 0.4) is 0 Å². The van der Waals surface area contributed by atoms with Gasteiger partial charge in [0, 0.05) is 61.1 Å². The third-order valence-electron chi connectivity index (χ3n) is 5.82. The van der Waals surface area contributed by atoms with Gasteiger partial charge in [-0.15, -0.1) is 0 Å². The summed E-state index contributed by atoms with van der Waals surface area (Å²) in [4.78, 5) is 16.7. The molecule has 0 radical (unpaired) electrons. The molecule has 2 aliphatic carbocycles. The highest BCUT2D eigenvalue weighted by Crippen LogP contribution is 2.43. The van der Waals surface area contributed by atoms with Crippen LogP contribution in [0.4, 0.5) is 0 Å². The Labute approximate surface area is 175 Å². The molecule has 146 valence electrons. The topological polar surface area (TPSA) is 38.8 Å². The van der Waals surface area contributed by atoms with Crippen LogP contribution in [0.5, 0.6) is 0 Å². The Bertz CT molecular complexity index is 866. The van der Waals surface area contributed by atoms with E-state index in [2.05, 4.69) is 38.9 Å². The lowest BCUT2D eigenvalue weighted by molar-refractivity contribution is -0.122. The van der Waals surface area contributed by atoms with Gasteiger partial charge in [-0.25, -0.2) is 4.42 Å². The molecule has 3 heterocycles. The second-order valence-corrected chi connectivity index (χ2v) is 8.89. The van der Waals surface area contributed by atoms with E-state index in [1.807, 2.05) is 24.3 Å². The lowest BCUT2D eigenvalue weighted by atomic mass is 9.97. The predicted octanol–water partition coefficient (Wildman–Crippen LogP) is 3.09. The lowest BCUT2D eigenvalue weighted by Crippen LogP contribution is -2.52. The van der Waals surface area contributed by atoms with Gasteiger partial charge in [0.25, 0.3) is 5.91 Å². The van der Waals surface area contributed by atoms with Crippen molar-refractivity contribution in [1.29, 1.82) is 0 Å². The van der Waals surface area contributed by atoms with Crippen LogP contribution in [0.1, 0.15) is 12.8 Å². The SMILES string of the molecule is O=C1C(CC(N2CCNCC2)N2C=C3CC=CC=C3S2)=C2C=CC=CC2N1Cl. The van der Waals surface area contributed by atoms with Crippen molar-refractivity contribution in [3.63, 3.8) is 0 Å². The Hall–Kier alpha value is -1.73. The van der Waals surface area contributed by atoms with E-state index in [1.54, 1.807) is 11.9 Å². The first-order valence-electron chi connectivity index (χ1n) is 9.78. The number of carbonyl (C=O) groups excluding carboxylic acids is 1. The third kappa shape index (κ3) is 3.18. The number of halogens is 1. The number of allylic oxidation sites excluding steroid dienone is 6. The normalized spacial score (nSPS) is 27.9. The standard InChI is InChI=1S/C21H23ClN4OS/c22-26-18-7-3-2-6-16(18)17(21(26)27)13-20(24-11-9-23-10-12-24)25-14-15-5-1-4-8-19(15)28-25/h1-4,6-8,14,18,20,23H,5,9-13H2.